The number of likely N-dealkylation sites (tertiary alicyclic amines) is 2. The Kier molecular flexibility index (Phi) is 11.8. The zero-order valence-corrected chi connectivity index (χ0v) is 18.9. The third kappa shape index (κ3) is 7.30. The van der Waals surface area contributed by atoms with Crippen LogP contribution in [-0.4, -0.2) is 73.0 Å². The number of urea groups is 1. The average Bonchev–Trinajstić information content (AvgIpc) is 3.03. The van der Waals surface area contributed by atoms with Gasteiger partial charge in [-0.2, -0.15) is 0 Å². The van der Waals surface area contributed by atoms with Gasteiger partial charge in [0.25, 0.3) is 0 Å². The van der Waals surface area contributed by atoms with Crippen molar-refractivity contribution in [3.63, 3.8) is 0 Å². The van der Waals surface area contributed by atoms with Gasteiger partial charge in [0, 0.05) is 26.7 Å². The van der Waals surface area contributed by atoms with Crippen molar-refractivity contribution in [1.29, 1.82) is 0 Å². The summed E-state index contributed by atoms with van der Waals surface area (Å²) in [7, 11) is 3.85. The summed E-state index contributed by atoms with van der Waals surface area (Å²) in [6, 6.07) is -0.611. The van der Waals surface area contributed by atoms with Gasteiger partial charge >= 0.3 is 6.03 Å². The number of likely N-dealkylation sites (N-methyl/N-ethyl adjacent to an activating group) is 1. The predicted octanol–water partition coefficient (Wildman–Crippen LogP) is 3.35. The fraction of sp³-hybridized carbons (Fsp3) is 0.727. The van der Waals surface area contributed by atoms with Crippen molar-refractivity contribution in [2.24, 2.45) is 17.1 Å². The van der Waals surface area contributed by atoms with Crippen molar-refractivity contribution < 1.29 is 9.59 Å². The van der Waals surface area contributed by atoms with Gasteiger partial charge < -0.3 is 20.4 Å². The van der Waals surface area contributed by atoms with Gasteiger partial charge in [-0.05, 0) is 44.2 Å². The SMILES string of the molecule is C=CC=C.CC.CC(C)C(C(N)=O)N(C)C(=O)N1CCC2(CCN(C)C2)CC1. The molecule has 0 aromatic rings. The first-order valence-corrected chi connectivity index (χ1v) is 10.4. The van der Waals surface area contributed by atoms with Gasteiger partial charge in [0.1, 0.15) is 6.04 Å². The Morgan fingerprint density at radius 1 is 1.07 bits per heavy atom. The van der Waals surface area contributed by atoms with E-state index in [1.54, 1.807) is 19.2 Å². The van der Waals surface area contributed by atoms with Crippen LogP contribution in [0.25, 0.3) is 0 Å². The molecule has 0 aromatic heterocycles. The molecule has 6 nitrogen and oxygen atoms in total. The maximum atomic E-state index is 12.6. The van der Waals surface area contributed by atoms with Crippen molar-refractivity contribution in [2.75, 3.05) is 40.3 Å². The predicted molar refractivity (Wildman–Crippen MR) is 118 cm³/mol. The number of amides is 3. The summed E-state index contributed by atoms with van der Waals surface area (Å²) in [5.74, 6) is -0.414. The number of hydrogen-bond donors (Lipinski definition) is 1. The van der Waals surface area contributed by atoms with E-state index in [1.165, 1.54) is 11.3 Å². The number of piperidine rings is 1. The number of carbonyl (C=O) groups excluding carboxylic acids is 2. The highest BCUT2D eigenvalue weighted by molar-refractivity contribution is 5.86. The van der Waals surface area contributed by atoms with Crippen LogP contribution in [0.2, 0.25) is 0 Å². The van der Waals surface area contributed by atoms with Crippen molar-refractivity contribution in [1.82, 2.24) is 14.7 Å². The largest absolute Gasteiger partial charge is 0.368 e. The standard InChI is InChI=1S/C16H30N4O2.C4H6.C2H6/c1-12(2)13(14(17)21)19(4)15(22)20-9-6-16(7-10-20)5-8-18(3)11-16;1-3-4-2;1-2/h12-13H,5-11H2,1-4H3,(H2,17,21);3-4H,1-2H2;1-2H3. The topological polar surface area (TPSA) is 69.9 Å². The van der Waals surface area contributed by atoms with E-state index >= 15 is 0 Å². The number of allylic oxidation sites excluding steroid dienone is 2. The molecule has 0 radical (unpaired) electrons. The fourth-order valence-electron chi connectivity index (χ4n) is 4.05. The average molecular weight is 395 g/mol. The summed E-state index contributed by atoms with van der Waals surface area (Å²) in [4.78, 5) is 30.0. The smallest absolute Gasteiger partial charge is 0.320 e. The fourth-order valence-corrected chi connectivity index (χ4v) is 4.05. The van der Waals surface area contributed by atoms with Gasteiger partial charge in [-0.25, -0.2) is 4.79 Å². The lowest BCUT2D eigenvalue weighted by Gasteiger charge is -2.41. The molecule has 1 unspecified atom stereocenters. The summed E-state index contributed by atoms with van der Waals surface area (Å²) in [6.45, 7) is 18.4. The summed E-state index contributed by atoms with van der Waals surface area (Å²) in [6.07, 6.45) is 6.62. The van der Waals surface area contributed by atoms with Crippen LogP contribution >= 0.6 is 0 Å². The molecule has 2 heterocycles. The molecule has 2 N–H and O–H groups in total. The Morgan fingerprint density at radius 2 is 1.54 bits per heavy atom. The van der Waals surface area contributed by atoms with Crippen LogP contribution in [0.15, 0.2) is 25.3 Å². The van der Waals surface area contributed by atoms with Crippen LogP contribution in [0.3, 0.4) is 0 Å². The van der Waals surface area contributed by atoms with Gasteiger partial charge in [0.05, 0.1) is 0 Å². The molecule has 0 bridgehead atoms. The van der Waals surface area contributed by atoms with E-state index in [2.05, 4.69) is 25.1 Å². The highest BCUT2D eigenvalue weighted by Crippen LogP contribution is 2.39. The molecule has 2 rings (SSSR count). The van der Waals surface area contributed by atoms with Crippen molar-refractivity contribution in [2.45, 2.75) is 53.0 Å². The second-order valence-corrected chi connectivity index (χ2v) is 7.93. The molecule has 0 saturated carbocycles. The third-order valence-corrected chi connectivity index (χ3v) is 5.53. The Morgan fingerprint density at radius 3 is 1.86 bits per heavy atom. The molecule has 162 valence electrons. The molecular weight excluding hydrogens is 352 g/mol. The first-order chi connectivity index (χ1) is 13.2. The zero-order valence-electron chi connectivity index (χ0n) is 18.9. The van der Waals surface area contributed by atoms with Gasteiger partial charge in [-0.15, -0.1) is 0 Å². The molecule has 3 amide bonds. The van der Waals surface area contributed by atoms with Crippen LogP contribution in [-0.2, 0) is 4.79 Å². The molecule has 1 spiro atoms. The number of nitrogens with two attached hydrogens (primary N) is 1. The minimum atomic E-state index is -0.541. The van der Waals surface area contributed by atoms with Crippen molar-refractivity contribution >= 4 is 11.9 Å². The Bertz CT molecular complexity index is 505. The minimum absolute atomic E-state index is 0.0195. The van der Waals surface area contributed by atoms with E-state index in [0.29, 0.717) is 5.41 Å². The number of rotatable bonds is 4. The first kappa shape index (κ1) is 26.2. The van der Waals surface area contributed by atoms with Crippen LogP contribution in [0.4, 0.5) is 4.79 Å². The molecule has 2 aliphatic heterocycles. The highest BCUT2D eigenvalue weighted by Gasteiger charge is 2.41. The van der Waals surface area contributed by atoms with Crippen LogP contribution < -0.4 is 5.73 Å². The van der Waals surface area contributed by atoms with Gasteiger partial charge in [-0.3, -0.25) is 4.79 Å². The number of nitrogens with zero attached hydrogens (tertiary/aromatic N) is 3. The first-order valence-electron chi connectivity index (χ1n) is 10.4. The molecule has 1 atom stereocenters. The Hall–Kier alpha value is -1.82. The summed E-state index contributed by atoms with van der Waals surface area (Å²) in [5.41, 5.74) is 5.85. The van der Waals surface area contributed by atoms with E-state index in [0.717, 1.165) is 39.0 Å². The van der Waals surface area contributed by atoms with Crippen LogP contribution in [0.1, 0.15) is 47.0 Å². The molecule has 6 heteroatoms. The maximum absolute atomic E-state index is 12.6. The van der Waals surface area contributed by atoms with E-state index in [-0.39, 0.29) is 11.9 Å². The number of hydrogen-bond acceptors (Lipinski definition) is 3. The summed E-state index contributed by atoms with van der Waals surface area (Å²) < 4.78 is 0. The molecule has 2 fully saturated rings. The highest BCUT2D eigenvalue weighted by atomic mass is 16.2. The normalized spacial score (nSPS) is 19.0. The van der Waals surface area contributed by atoms with Gasteiger partial charge in [-0.1, -0.05) is 53.0 Å². The van der Waals surface area contributed by atoms with Crippen molar-refractivity contribution in [3.05, 3.63) is 25.3 Å². The summed E-state index contributed by atoms with van der Waals surface area (Å²) in [5, 5.41) is 0. The van der Waals surface area contributed by atoms with E-state index < -0.39 is 11.9 Å². The van der Waals surface area contributed by atoms with E-state index in [9.17, 15) is 9.59 Å². The lowest BCUT2D eigenvalue weighted by atomic mass is 9.78. The lowest BCUT2D eigenvalue weighted by molar-refractivity contribution is -0.123. The molecule has 0 aliphatic carbocycles. The zero-order chi connectivity index (χ0) is 21.9. The second kappa shape index (κ2) is 12.6. The summed E-state index contributed by atoms with van der Waals surface area (Å²) >= 11 is 0. The maximum Gasteiger partial charge on any atom is 0.320 e. The van der Waals surface area contributed by atoms with Crippen LogP contribution in [0.5, 0.6) is 0 Å². The molecular formula is C22H42N4O2. The molecule has 0 aromatic carbocycles. The lowest BCUT2D eigenvalue weighted by Crippen LogP contribution is -2.55. The van der Waals surface area contributed by atoms with Gasteiger partial charge in [0.15, 0.2) is 0 Å². The van der Waals surface area contributed by atoms with E-state index in [1.807, 2.05) is 32.6 Å². The minimum Gasteiger partial charge on any atom is -0.368 e. The monoisotopic (exact) mass is 394 g/mol. The molecule has 2 saturated heterocycles. The quantitative estimate of drug-likeness (QED) is 0.744. The van der Waals surface area contributed by atoms with E-state index in [4.69, 9.17) is 5.73 Å². The van der Waals surface area contributed by atoms with Crippen LogP contribution in [0, 0.1) is 11.3 Å². The number of carbonyl (C=O) groups is 2. The molecule has 2 aliphatic rings. The second-order valence-electron chi connectivity index (χ2n) is 7.93. The Labute approximate surface area is 172 Å². The molecule has 28 heavy (non-hydrogen) atoms. The van der Waals surface area contributed by atoms with Crippen molar-refractivity contribution in [3.8, 4) is 0 Å². The van der Waals surface area contributed by atoms with Gasteiger partial charge in [0.2, 0.25) is 5.91 Å². The Balaban J connectivity index is 0.00000108. The third-order valence-electron chi connectivity index (χ3n) is 5.53. The number of primary amides is 1.